The molecule has 174 valence electrons. The molecule has 0 spiro atoms. The summed E-state index contributed by atoms with van der Waals surface area (Å²) in [4.78, 5) is 13.7. The number of hydrogen-bond donors (Lipinski definition) is 1. The first-order valence-electron chi connectivity index (χ1n) is 10.4. The van der Waals surface area contributed by atoms with E-state index in [2.05, 4.69) is 5.32 Å². The molecule has 1 aliphatic rings. The minimum atomic E-state index is -3.85. The van der Waals surface area contributed by atoms with Crippen molar-refractivity contribution in [2.24, 2.45) is 0 Å². The molecule has 0 unspecified atom stereocenters. The van der Waals surface area contributed by atoms with Gasteiger partial charge in [0.05, 0.1) is 30.9 Å². The summed E-state index contributed by atoms with van der Waals surface area (Å²) < 4.78 is 43.5. The molecular weight excluding hydrogens is 462 g/mol. The number of sulfone groups is 1. The zero-order chi connectivity index (χ0) is 23.8. The number of carbonyl (C=O) groups excluding carboxylic acids is 1. The number of methoxy groups -OCH3 is 2. The molecule has 7 nitrogen and oxygen atoms in total. The number of nitrogens with one attached hydrogen (secondary N) is 1. The van der Waals surface area contributed by atoms with Crippen LogP contribution in [0, 0.1) is 0 Å². The number of rotatable bonds is 7. The average molecular weight is 488 g/mol. The third-order valence-corrected chi connectivity index (χ3v) is 8.41. The number of thiophene rings is 1. The minimum Gasteiger partial charge on any atom is -0.497 e. The summed E-state index contributed by atoms with van der Waals surface area (Å²) >= 11 is 1.31. The number of amides is 1. The van der Waals surface area contributed by atoms with Crippen LogP contribution < -0.4 is 19.5 Å². The normalized spacial score (nSPS) is 15.7. The Bertz CT molecular complexity index is 1280. The Labute approximate surface area is 197 Å². The number of anilines is 1. The van der Waals surface area contributed by atoms with Crippen LogP contribution in [-0.4, -0.2) is 34.6 Å². The number of para-hydroxylation sites is 1. The van der Waals surface area contributed by atoms with Crippen LogP contribution in [-0.2, 0) is 14.6 Å². The first-order valence-corrected chi connectivity index (χ1v) is 12.8. The first-order chi connectivity index (χ1) is 15.8. The van der Waals surface area contributed by atoms with Gasteiger partial charge < -0.3 is 19.5 Å². The van der Waals surface area contributed by atoms with Crippen LogP contribution in [0.3, 0.4) is 0 Å². The molecule has 0 aliphatic carbocycles. The van der Waals surface area contributed by atoms with E-state index >= 15 is 0 Å². The van der Waals surface area contributed by atoms with E-state index in [9.17, 15) is 13.2 Å². The second-order valence-electron chi connectivity index (χ2n) is 7.87. The van der Waals surface area contributed by atoms with Crippen LogP contribution in [0.1, 0.15) is 36.6 Å². The largest absolute Gasteiger partial charge is 0.497 e. The Morgan fingerprint density at radius 1 is 1.06 bits per heavy atom. The Balaban J connectivity index is 1.82. The number of ether oxygens (including phenoxy) is 3. The lowest BCUT2D eigenvalue weighted by molar-refractivity contribution is -0.116. The van der Waals surface area contributed by atoms with Gasteiger partial charge in [-0.25, -0.2) is 8.42 Å². The summed E-state index contributed by atoms with van der Waals surface area (Å²) in [6.45, 7) is 3.83. The molecule has 0 saturated heterocycles. The standard InChI is InChI=1S/C24H25NO6S2/c1-14(2)31-23-17(6-5-7-19(23)30-4)18-12-21(26)25-22-20(13-32-24(18)22)33(27,28)16-10-8-15(29-3)9-11-16/h5-11,13-14,18H,12H2,1-4H3,(H,25,26)/t18-/m0/s1. The van der Waals surface area contributed by atoms with E-state index in [1.54, 1.807) is 30.7 Å². The molecule has 9 heteroatoms. The molecular formula is C24H25NO6S2. The molecule has 1 aromatic heterocycles. The zero-order valence-corrected chi connectivity index (χ0v) is 20.4. The lowest BCUT2D eigenvalue weighted by Gasteiger charge is -2.27. The maximum absolute atomic E-state index is 13.4. The summed E-state index contributed by atoms with van der Waals surface area (Å²) in [5.41, 5.74) is 1.12. The van der Waals surface area contributed by atoms with Crippen LogP contribution in [0.25, 0.3) is 0 Å². The molecule has 33 heavy (non-hydrogen) atoms. The van der Waals surface area contributed by atoms with Crippen LogP contribution in [0.15, 0.2) is 57.6 Å². The van der Waals surface area contributed by atoms with E-state index in [1.807, 2.05) is 26.0 Å². The van der Waals surface area contributed by atoms with Gasteiger partial charge in [-0.2, -0.15) is 0 Å². The first kappa shape index (κ1) is 23.1. The monoisotopic (exact) mass is 487 g/mol. The van der Waals surface area contributed by atoms with E-state index in [0.717, 1.165) is 10.4 Å². The fourth-order valence-corrected chi connectivity index (χ4v) is 6.76. The highest BCUT2D eigenvalue weighted by atomic mass is 32.2. The van der Waals surface area contributed by atoms with Gasteiger partial charge in [0.25, 0.3) is 0 Å². The molecule has 0 saturated carbocycles. The highest BCUT2D eigenvalue weighted by molar-refractivity contribution is 7.91. The molecule has 0 radical (unpaired) electrons. The highest BCUT2D eigenvalue weighted by Crippen LogP contribution is 2.49. The summed E-state index contributed by atoms with van der Waals surface area (Å²) in [7, 11) is -0.765. The van der Waals surface area contributed by atoms with Gasteiger partial charge in [-0.05, 0) is 44.2 Å². The molecule has 0 bridgehead atoms. The van der Waals surface area contributed by atoms with Gasteiger partial charge >= 0.3 is 0 Å². The number of carbonyl (C=O) groups is 1. The van der Waals surface area contributed by atoms with Crippen molar-refractivity contribution in [3.05, 3.63) is 58.3 Å². The molecule has 1 atom stereocenters. The summed E-state index contributed by atoms with van der Waals surface area (Å²) in [6, 6.07) is 11.7. The molecule has 1 N–H and O–H groups in total. The fourth-order valence-electron chi connectivity index (χ4n) is 3.86. The summed E-state index contributed by atoms with van der Waals surface area (Å²) in [5, 5.41) is 4.38. The fraction of sp³-hybridized carbons (Fsp3) is 0.292. The Kier molecular flexibility index (Phi) is 6.36. The molecule has 4 rings (SSSR count). The van der Waals surface area contributed by atoms with E-state index < -0.39 is 9.84 Å². The molecule has 2 heterocycles. The molecule has 3 aromatic rings. The van der Waals surface area contributed by atoms with Crippen molar-refractivity contribution in [2.45, 2.75) is 42.1 Å². The van der Waals surface area contributed by atoms with Crippen molar-refractivity contribution in [1.29, 1.82) is 0 Å². The van der Waals surface area contributed by atoms with Gasteiger partial charge in [-0.15, -0.1) is 11.3 Å². The van der Waals surface area contributed by atoms with Crippen LogP contribution >= 0.6 is 11.3 Å². The lowest BCUT2D eigenvalue weighted by atomic mass is 9.89. The minimum absolute atomic E-state index is 0.0833. The molecule has 2 aromatic carbocycles. The van der Waals surface area contributed by atoms with Gasteiger partial charge in [-0.1, -0.05) is 12.1 Å². The molecule has 1 amide bonds. The van der Waals surface area contributed by atoms with Crippen LogP contribution in [0.5, 0.6) is 17.2 Å². The second-order valence-corrected chi connectivity index (χ2v) is 10.7. The quantitative estimate of drug-likeness (QED) is 0.512. The Hall–Kier alpha value is -3.04. The topological polar surface area (TPSA) is 90.9 Å². The van der Waals surface area contributed by atoms with Gasteiger partial charge in [0.1, 0.15) is 10.6 Å². The van der Waals surface area contributed by atoms with E-state index in [-0.39, 0.29) is 34.1 Å². The van der Waals surface area contributed by atoms with Gasteiger partial charge in [-0.3, -0.25) is 4.79 Å². The van der Waals surface area contributed by atoms with Crippen LogP contribution in [0.2, 0.25) is 0 Å². The second kappa shape index (κ2) is 9.07. The summed E-state index contributed by atoms with van der Waals surface area (Å²) in [5.74, 6) is 1.08. The van der Waals surface area contributed by atoms with E-state index in [4.69, 9.17) is 14.2 Å². The third kappa shape index (κ3) is 4.30. The summed E-state index contributed by atoms with van der Waals surface area (Å²) in [6.07, 6.45) is 0.0724. The zero-order valence-electron chi connectivity index (χ0n) is 18.7. The number of hydrogen-bond acceptors (Lipinski definition) is 7. The average Bonchev–Trinajstić information content (AvgIpc) is 3.23. The third-order valence-electron chi connectivity index (χ3n) is 5.37. The van der Waals surface area contributed by atoms with E-state index in [0.29, 0.717) is 22.9 Å². The van der Waals surface area contributed by atoms with Gasteiger partial charge in [0.2, 0.25) is 15.7 Å². The Morgan fingerprint density at radius 2 is 1.79 bits per heavy atom. The number of fused-ring (bicyclic) bond motifs is 1. The van der Waals surface area contributed by atoms with Gasteiger partial charge in [0, 0.05) is 28.2 Å². The van der Waals surface area contributed by atoms with E-state index in [1.165, 1.54) is 30.6 Å². The maximum atomic E-state index is 13.4. The van der Waals surface area contributed by atoms with Crippen molar-refractivity contribution in [2.75, 3.05) is 19.5 Å². The van der Waals surface area contributed by atoms with Crippen LogP contribution in [0.4, 0.5) is 5.69 Å². The lowest BCUT2D eigenvalue weighted by Crippen LogP contribution is -2.24. The SMILES string of the molecule is COc1ccc(S(=O)(=O)c2csc3c2NC(=O)C[C@H]3c2cccc(OC)c2OC(C)C)cc1. The molecule has 0 fully saturated rings. The Morgan fingerprint density at radius 3 is 2.42 bits per heavy atom. The number of benzene rings is 2. The molecule has 1 aliphatic heterocycles. The van der Waals surface area contributed by atoms with Crippen molar-refractivity contribution in [3.63, 3.8) is 0 Å². The van der Waals surface area contributed by atoms with Crippen molar-refractivity contribution < 1.29 is 27.4 Å². The highest BCUT2D eigenvalue weighted by Gasteiger charge is 2.36. The van der Waals surface area contributed by atoms with Gasteiger partial charge in [0.15, 0.2) is 11.5 Å². The maximum Gasteiger partial charge on any atom is 0.225 e. The predicted molar refractivity (Wildman–Crippen MR) is 127 cm³/mol. The predicted octanol–water partition coefficient (Wildman–Crippen LogP) is 4.86. The van der Waals surface area contributed by atoms with Crippen molar-refractivity contribution in [3.8, 4) is 17.2 Å². The van der Waals surface area contributed by atoms with Crippen molar-refractivity contribution in [1.82, 2.24) is 0 Å². The smallest absolute Gasteiger partial charge is 0.225 e. The van der Waals surface area contributed by atoms with Crippen molar-refractivity contribution >= 4 is 32.8 Å².